The number of nitrogens with zero attached hydrogens (tertiary/aromatic N) is 6. The van der Waals surface area contributed by atoms with Crippen LogP contribution in [0.2, 0.25) is 0 Å². The van der Waals surface area contributed by atoms with Crippen LogP contribution in [-0.2, 0) is 0 Å². The Kier molecular flexibility index (Phi) is 5.61. The van der Waals surface area contributed by atoms with Gasteiger partial charge in [-0.3, -0.25) is 9.80 Å². The number of hydrogen-bond donors (Lipinski definition) is 1. The highest BCUT2D eigenvalue weighted by molar-refractivity contribution is 4.96. The zero-order valence-electron chi connectivity index (χ0n) is 14.4. The van der Waals surface area contributed by atoms with Crippen molar-refractivity contribution in [3.63, 3.8) is 0 Å². The third kappa shape index (κ3) is 3.72. The molecule has 2 fully saturated rings. The maximum absolute atomic E-state index is 9.16. The van der Waals surface area contributed by atoms with Crippen LogP contribution < -0.4 is 0 Å². The molecule has 0 spiro atoms. The van der Waals surface area contributed by atoms with Crippen LogP contribution in [0.1, 0.15) is 63.9 Å². The number of rotatable bonds is 5. The molecule has 1 N–H and O–H groups in total. The second kappa shape index (κ2) is 7.68. The van der Waals surface area contributed by atoms with E-state index < -0.39 is 0 Å². The van der Waals surface area contributed by atoms with E-state index in [1.165, 1.54) is 32.1 Å². The third-order valence-corrected chi connectivity index (χ3v) is 5.54. The van der Waals surface area contributed by atoms with Crippen molar-refractivity contribution in [2.45, 2.75) is 64.1 Å². The smallest absolute Gasteiger partial charge is 0.168 e. The van der Waals surface area contributed by atoms with Crippen molar-refractivity contribution in [1.29, 1.82) is 0 Å². The lowest BCUT2D eigenvalue weighted by Gasteiger charge is -2.42. The molecule has 7 nitrogen and oxygen atoms in total. The molecule has 2 atom stereocenters. The molecule has 1 aliphatic heterocycles. The lowest BCUT2D eigenvalue weighted by molar-refractivity contribution is 0.0448. The lowest BCUT2D eigenvalue weighted by atomic mass is 9.95. The fourth-order valence-electron chi connectivity index (χ4n) is 4.06. The average molecular weight is 322 g/mol. The van der Waals surface area contributed by atoms with Crippen LogP contribution in [-0.4, -0.2) is 73.9 Å². The monoisotopic (exact) mass is 322 g/mol. The molecule has 23 heavy (non-hydrogen) atoms. The highest BCUT2D eigenvalue weighted by Crippen LogP contribution is 2.30. The molecule has 1 aliphatic carbocycles. The summed E-state index contributed by atoms with van der Waals surface area (Å²) in [7, 11) is 0. The van der Waals surface area contributed by atoms with E-state index in [1.807, 2.05) is 0 Å². The van der Waals surface area contributed by atoms with Gasteiger partial charge in [0.25, 0.3) is 0 Å². The van der Waals surface area contributed by atoms with Crippen molar-refractivity contribution in [3.05, 3.63) is 5.82 Å². The van der Waals surface area contributed by atoms with E-state index in [-0.39, 0.29) is 12.6 Å². The van der Waals surface area contributed by atoms with Crippen molar-refractivity contribution in [2.24, 2.45) is 0 Å². The number of tetrazole rings is 1. The Hall–Kier alpha value is -1.05. The van der Waals surface area contributed by atoms with E-state index in [1.54, 1.807) is 0 Å². The largest absolute Gasteiger partial charge is 0.395 e. The summed E-state index contributed by atoms with van der Waals surface area (Å²) in [6, 6.07) is 1.17. The van der Waals surface area contributed by atoms with Gasteiger partial charge in [0, 0.05) is 32.2 Å². The van der Waals surface area contributed by atoms with Gasteiger partial charge in [0.1, 0.15) is 0 Å². The van der Waals surface area contributed by atoms with Crippen molar-refractivity contribution < 1.29 is 5.11 Å². The predicted molar refractivity (Wildman–Crippen MR) is 88.0 cm³/mol. The molecular formula is C16H30N6O. The minimum absolute atomic E-state index is 0.236. The summed E-state index contributed by atoms with van der Waals surface area (Å²) in [6.07, 6.45) is 6.31. The Labute approximate surface area is 138 Å². The van der Waals surface area contributed by atoms with Gasteiger partial charge in [0.2, 0.25) is 0 Å². The topological polar surface area (TPSA) is 70.3 Å². The second-order valence-electron chi connectivity index (χ2n) is 7.05. The van der Waals surface area contributed by atoms with Gasteiger partial charge >= 0.3 is 0 Å². The number of piperazine rings is 1. The zero-order chi connectivity index (χ0) is 16.2. The van der Waals surface area contributed by atoms with Crippen molar-refractivity contribution in [1.82, 2.24) is 30.0 Å². The average Bonchev–Trinajstić information content (AvgIpc) is 3.06. The molecule has 1 aromatic heterocycles. The number of aromatic nitrogens is 4. The molecule has 2 aliphatic rings. The summed E-state index contributed by atoms with van der Waals surface area (Å²) in [5.74, 6) is 1.01. The lowest BCUT2D eigenvalue weighted by Crippen LogP contribution is -2.53. The first-order chi connectivity index (χ1) is 11.2. The van der Waals surface area contributed by atoms with Crippen molar-refractivity contribution in [3.8, 4) is 0 Å². The Balaban J connectivity index is 1.67. The van der Waals surface area contributed by atoms with E-state index in [4.69, 9.17) is 5.11 Å². The second-order valence-corrected chi connectivity index (χ2v) is 7.05. The molecule has 1 saturated carbocycles. The Morgan fingerprint density at radius 1 is 1.22 bits per heavy atom. The SMILES string of the molecule is CC1CN(C(C)c2nnnn2C2CCCCC2)CCN1CCO. The molecule has 1 aromatic rings. The molecule has 0 aromatic carbocycles. The molecule has 7 heteroatoms. The summed E-state index contributed by atoms with van der Waals surface area (Å²) in [4.78, 5) is 4.83. The molecule has 0 amide bonds. The molecule has 130 valence electrons. The highest BCUT2D eigenvalue weighted by atomic mass is 16.3. The summed E-state index contributed by atoms with van der Waals surface area (Å²) >= 11 is 0. The van der Waals surface area contributed by atoms with Gasteiger partial charge in [0.15, 0.2) is 5.82 Å². The van der Waals surface area contributed by atoms with Gasteiger partial charge in [-0.25, -0.2) is 4.68 Å². The van der Waals surface area contributed by atoms with Crippen LogP contribution in [0.15, 0.2) is 0 Å². The van der Waals surface area contributed by atoms with E-state index in [0.717, 1.165) is 32.0 Å². The van der Waals surface area contributed by atoms with Crippen LogP contribution in [0, 0.1) is 0 Å². The van der Waals surface area contributed by atoms with E-state index >= 15 is 0 Å². The van der Waals surface area contributed by atoms with E-state index in [0.29, 0.717) is 12.1 Å². The summed E-state index contributed by atoms with van der Waals surface area (Å²) in [5, 5.41) is 21.8. The first-order valence-corrected chi connectivity index (χ1v) is 9.07. The first-order valence-electron chi connectivity index (χ1n) is 9.07. The van der Waals surface area contributed by atoms with Crippen molar-refractivity contribution >= 4 is 0 Å². The van der Waals surface area contributed by atoms with E-state index in [9.17, 15) is 0 Å². The maximum atomic E-state index is 9.16. The summed E-state index contributed by atoms with van der Waals surface area (Å²) < 4.78 is 2.09. The van der Waals surface area contributed by atoms with Gasteiger partial charge in [-0.1, -0.05) is 19.3 Å². The van der Waals surface area contributed by atoms with Crippen LogP contribution in [0.3, 0.4) is 0 Å². The molecule has 1 saturated heterocycles. The predicted octanol–water partition coefficient (Wildman–Crippen LogP) is 1.24. The quantitative estimate of drug-likeness (QED) is 0.879. The van der Waals surface area contributed by atoms with Gasteiger partial charge < -0.3 is 5.11 Å². The fourth-order valence-corrected chi connectivity index (χ4v) is 4.06. The molecule has 0 radical (unpaired) electrons. The normalized spacial score (nSPS) is 26.5. The molecule has 2 unspecified atom stereocenters. The standard InChI is InChI=1S/C16H30N6O/c1-13-12-21(9-8-20(13)10-11-23)14(2)16-17-18-19-22(16)15-6-4-3-5-7-15/h13-15,23H,3-12H2,1-2H3. The van der Waals surface area contributed by atoms with Gasteiger partial charge in [0.05, 0.1) is 18.7 Å². The number of aliphatic hydroxyl groups excluding tert-OH is 1. The number of hydrogen-bond acceptors (Lipinski definition) is 6. The Morgan fingerprint density at radius 2 is 2.00 bits per heavy atom. The van der Waals surface area contributed by atoms with Gasteiger partial charge in [-0.2, -0.15) is 0 Å². The third-order valence-electron chi connectivity index (χ3n) is 5.54. The van der Waals surface area contributed by atoms with Crippen molar-refractivity contribution in [2.75, 3.05) is 32.8 Å². The minimum Gasteiger partial charge on any atom is -0.395 e. The summed E-state index contributed by atoms with van der Waals surface area (Å²) in [5.41, 5.74) is 0. The van der Waals surface area contributed by atoms with Gasteiger partial charge in [-0.05, 0) is 37.1 Å². The zero-order valence-corrected chi connectivity index (χ0v) is 14.4. The molecule has 3 rings (SSSR count). The fraction of sp³-hybridized carbons (Fsp3) is 0.938. The van der Waals surface area contributed by atoms with Crippen LogP contribution in [0.25, 0.3) is 0 Å². The summed E-state index contributed by atoms with van der Waals surface area (Å²) in [6.45, 7) is 8.46. The Bertz CT molecular complexity index is 487. The van der Waals surface area contributed by atoms with Gasteiger partial charge in [-0.15, -0.1) is 5.10 Å². The van der Waals surface area contributed by atoms with Crippen LogP contribution in [0.4, 0.5) is 0 Å². The molecule has 0 bridgehead atoms. The minimum atomic E-state index is 0.236. The molecular weight excluding hydrogens is 292 g/mol. The first kappa shape index (κ1) is 16.8. The van der Waals surface area contributed by atoms with Crippen LogP contribution in [0.5, 0.6) is 0 Å². The highest BCUT2D eigenvalue weighted by Gasteiger charge is 2.30. The van der Waals surface area contributed by atoms with E-state index in [2.05, 4.69) is 43.9 Å². The number of aliphatic hydroxyl groups is 1. The Morgan fingerprint density at radius 3 is 2.70 bits per heavy atom. The number of β-amino-alcohol motifs (C(OH)–C–C–N with tert-alkyl or cyclic N) is 1. The molecule has 2 heterocycles. The van der Waals surface area contributed by atoms with Crippen LogP contribution >= 0.6 is 0 Å². The maximum Gasteiger partial charge on any atom is 0.168 e.